The lowest BCUT2D eigenvalue weighted by molar-refractivity contribution is -0.125. The number of carbonyl (C=O) groups excluding carboxylic acids is 1. The van der Waals surface area contributed by atoms with Gasteiger partial charge in [-0.25, -0.2) is 0 Å². The van der Waals surface area contributed by atoms with Crippen LogP contribution in [0.5, 0.6) is 5.75 Å². The van der Waals surface area contributed by atoms with Crippen LogP contribution in [0.1, 0.15) is 51.0 Å². The maximum Gasteiger partial charge on any atom is 0.258 e. The van der Waals surface area contributed by atoms with Crippen LogP contribution in [-0.4, -0.2) is 29.8 Å². The van der Waals surface area contributed by atoms with Crippen LogP contribution in [0, 0.1) is 0 Å². The first kappa shape index (κ1) is 15.8. The molecular weight excluding hydrogens is 266 g/mol. The number of rotatable bonds is 5. The molecule has 2 N–H and O–H groups in total. The van der Waals surface area contributed by atoms with E-state index in [1.165, 1.54) is 0 Å². The highest BCUT2D eigenvalue weighted by Crippen LogP contribution is 2.25. The summed E-state index contributed by atoms with van der Waals surface area (Å²) in [5, 5.41) is 12.7. The van der Waals surface area contributed by atoms with Crippen LogP contribution in [0.4, 0.5) is 0 Å². The number of nitrogens with one attached hydrogen (secondary N) is 1. The molecule has 1 fully saturated rings. The smallest absolute Gasteiger partial charge is 0.258 e. The number of aliphatic hydroxyl groups is 1. The van der Waals surface area contributed by atoms with E-state index in [1.807, 2.05) is 24.3 Å². The van der Waals surface area contributed by atoms with E-state index in [9.17, 15) is 9.90 Å². The number of para-hydroxylation sites is 1. The minimum Gasteiger partial charge on any atom is -0.483 e. The SMILES string of the molecule is CC(C)c1ccccc1OCC(=O)NC1CCCCC1O. The number of amides is 1. The lowest BCUT2D eigenvalue weighted by Gasteiger charge is -2.28. The highest BCUT2D eigenvalue weighted by molar-refractivity contribution is 5.78. The van der Waals surface area contributed by atoms with Crippen molar-refractivity contribution in [1.82, 2.24) is 5.32 Å². The lowest BCUT2D eigenvalue weighted by atomic mass is 9.92. The van der Waals surface area contributed by atoms with Crippen molar-refractivity contribution in [3.05, 3.63) is 29.8 Å². The molecule has 1 saturated carbocycles. The zero-order valence-corrected chi connectivity index (χ0v) is 12.8. The average molecular weight is 291 g/mol. The van der Waals surface area contributed by atoms with Gasteiger partial charge >= 0.3 is 0 Å². The topological polar surface area (TPSA) is 58.6 Å². The number of benzene rings is 1. The molecule has 0 saturated heterocycles. The van der Waals surface area contributed by atoms with Gasteiger partial charge in [-0.1, -0.05) is 44.9 Å². The molecule has 2 unspecified atom stereocenters. The van der Waals surface area contributed by atoms with Gasteiger partial charge < -0.3 is 15.2 Å². The molecule has 0 bridgehead atoms. The first-order valence-corrected chi connectivity index (χ1v) is 7.77. The van der Waals surface area contributed by atoms with Gasteiger partial charge in [0.25, 0.3) is 5.91 Å². The van der Waals surface area contributed by atoms with Crippen molar-refractivity contribution in [3.8, 4) is 5.75 Å². The Morgan fingerprint density at radius 2 is 2.05 bits per heavy atom. The quantitative estimate of drug-likeness (QED) is 0.876. The Kier molecular flexibility index (Phi) is 5.62. The van der Waals surface area contributed by atoms with Crippen LogP contribution in [0.3, 0.4) is 0 Å². The third-order valence-corrected chi connectivity index (χ3v) is 3.98. The van der Waals surface area contributed by atoms with E-state index < -0.39 is 6.10 Å². The summed E-state index contributed by atoms with van der Waals surface area (Å²) in [5.41, 5.74) is 1.10. The predicted octanol–water partition coefficient (Wildman–Crippen LogP) is 2.61. The number of hydrogen-bond acceptors (Lipinski definition) is 3. The molecule has 4 heteroatoms. The van der Waals surface area contributed by atoms with E-state index in [0.717, 1.165) is 37.0 Å². The van der Waals surface area contributed by atoms with E-state index in [2.05, 4.69) is 19.2 Å². The molecular formula is C17H25NO3. The Morgan fingerprint density at radius 1 is 1.33 bits per heavy atom. The summed E-state index contributed by atoms with van der Waals surface area (Å²) < 4.78 is 5.64. The van der Waals surface area contributed by atoms with Gasteiger partial charge in [0, 0.05) is 0 Å². The van der Waals surface area contributed by atoms with Crippen molar-refractivity contribution in [3.63, 3.8) is 0 Å². The summed E-state index contributed by atoms with van der Waals surface area (Å²) in [5.74, 6) is 0.941. The fourth-order valence-corrected chi connectivity index (χ4v) is 2.76. The standard InChI is InChI=1S/C17H25NO3/c1-12(2)13-7-3-6-10-16(13)21-11-17(20)18-14-8-4-5-9-15(14)19/h3,6-7,10,12,14-15,19H,4-5,8-9,11H2,1-2H3,(H,18,20). The Labute approximate surface area is 126 Å². The molecule has 0 spiro atoms. The number of carbonyl (C=O) groups is 1. The molecule has 2 rings (SSSR count). The average Bonchev–Trinajstić information content (AvgIpc) is 2.48. The van der Waals surface area contributed by atoms with E-state index in [0.29, 0.717) is 5.92 Å². The second-order valence-electron chi connectivity index (χ2n) is 6.01. The van der Waals surface area contributed by atoms with E-state index in [4.69, 9.17) is 4.74 Å². The van der Waals surface area contributed by atoms with E-state index >= 15 is 0 Å². The Balaban J connectivity index is 1.86. The van der Waals surface area contributed by atoms with Crippen LogP contribution in [0.15, 0.2) is 24.3 Å². The molecule has 1 aliphatic rings. The normalized spacial score (nSPS) is 22.1. The molecule has 116 valence electrons. The van der Waals surface area contributed by atoms with Crippen molar-refractivity contribution in [1.29, 1.82) is 0 Å². The first-order valence-electron chi connectivity index (χ1n) is 7.77. The molecule has 0 radical (unpaired) electrons. The molecule has 1 aliphatic carbocycles. The maximum atomic E-state index is 12.0. The van der Waals surface area contributed by atoms with E-state index in [1.54, 1.807) is 0 Å². The minimum atomic E-state index is -0.425. The van der Waals surface area contributed by atoms with Crippen LogP contribution in [0.25, 0.3) is 0 Å². The molecule has 0 aromatic heterocycles. The van der Waals surface area contributed by atoms with Gasteiger partial charge in [0.1, 0.15) is 5.75 Å². The molecule has 1 aromatic rings. The fourth-order valence-electron chi connectivity index (χ4n) is 2.76. The summed E-state index contributed by atoms with van der Waals surface area (Å²) >= 11 is 0. The van der Waals surface area contributed by atoms with Crippen LogP contribution < -0.4 is 10.1 Å². The molecule has 21 heavy (non-hydrogen) atoms. The fraction of sp³-hybridized carbons (Fsp3) is 0.588. The number of hydrogen-bond donors (Lipinski definition) is 2. The molecule has 0 aliphatic heterocycles. The summed E-state index contributed by atoms with van der Waals surface area (Å²) in [7, 11) is 0. The number of ether oxygens (including phenoxy) is 1. The molecule has 0 heterocycles. The third kappa shape index (κ3) is 4.46. The Hall–Kier alpha value is -1.55. The number of aliphatic hydroxyl groups excluding tert-OH is 1. The zero-order valence-electron chi connectivity index (χ0n) is 12.8. The molecule has 2 atom stereocenters. The van der Waals surface area contributed by atoms with Gasteiger partial charge in [0.15, 0.2) is 6.61 Å². The molecule has 4 nitrogen and oxygen atoms in total. The first-order chi connectivity index (χ1) is 10.1. The van der Waals surface area contributed by atoms with Crippen LogP contribution in [0.2, 0.25) is 0 Å². The van der Waals surface area contributed by atoms with Gasteiger partial charge in [-0.3, -0.25) is 4.79 Å². The van der Waals surface area contributed by atoms with Crippen molar-refractivity contribution < 1.29 is 14.6 Å². The van der Waals surface area contributed by atoms with Crippen LogP contribution >= 0.6 is 0 Å². The summed E-state index contributed by atoms with van der Waals surface area (Å²) in [6, 6.07) is 7.65. The van der Waals surface area contributed by atoms with Crippen molar-refractivity contribution in [2.24, 2.45) is 0 Å². The third-order valence-electron chi connectivity index (χ3n) is 3.98. The Bertz CT molecular complexity index is 473. The Morgan fingerprint density at radius 3 is 2.76 bits per heavy atom. The van der Waals surface area contributed by atoms with Gasteiger partial charge in [-0.15, -0.1) is 0 Å². The van der Waals surface area contributed by atoms with Gasteiger partial charge in [-0.05, 0) is 30.4 Å². The van der Waals surface area contributed by atoms with Crippen molar-refractivity contribution in [2.45, 2.75) is 57.6 Å². The summed E-state index contributed by atoms with van der Waals surface area (Å²) in [4.78, 5) is 12.0. The van der Waals surface area contributed by atoms with E-state index in [-0.39, 0.29) is 18.6 Å². The molecule has 1 aromatic carbocycles. The van der Waals surface area contributed by atoms with Crippen molar-refractivity contribution in [2.75, 3.05) is 6.61 Å². The minimum absolute atomic E-state index is 0.00699. The van der Waals surface area contributed by atoms with Crippen LogP contribution in [-0.2, 0) is 4.79 Å². The largest absolute Gasteiger partial charge is 0.483 e. The van der Waals surface area contributed by atoms with Gasteiger partial charge in [0.05, 0.1) is 12.1 Å². The molecule has 1 amide bonds. The summed E-state index contributed by atoms with van der Waals surface area (Å²) in [6.07, 6.45) is 3.27. The monoisotopic (exact) mass is 291 g/mol. The highest BCUT2D eigenvalue weighted by Gasteiger charge is 2.24. The van der Waals surface area contributed by atoms with Gasteiger partial charge in [0.2, 0.25) is 0 Å². The van der Waals surface area contributed by atoms with Crippen molar-refractivity contribution >= 4 is 5.91 Å². The lowest BCUT2D eigenvalue weighted by Crippen LogP contribution is -2.46. The zero-order chi connectivity index (χ0) is 15.2. The predicted molar refractivity (Wildman–Crippen MR) is 82.4 cm³/mol. The second-order valence-corrected chi connectivity index (χ2v) is 6.01. The van der Waals surface area contributed by atoms with Gasteiger partial charge in [-0.2, -0.15) is 0 Å². The second kappa shape index (κ2) is 7.46. The summed E-state index contributed by atoms with van der Waals surface area (Å²) in [6.45, 7) is 4.19. The maximum absolute atomic E-state index is 12.0. The highest BCUT2D eigenvalue weighted by atomic mass is 16.5.